The smallest absolute Gasteiger partial charge is 0.419 e. The predicted molar refractivity (Wildman–Crippen MR) is 76.2 cm³/mol. The Morgan fingerprint density at radius 2 is 2.05 bits per heavy atom. The van der Waals surface area contributed by atoms with E-state index < -0.39 is 17.6 Å². The van der Waals surface area contributed by atoms with Crippen molar-refractivity contribution in [2.24, 2.45) is 11.8 Å². The standard InChI is InChI=1S/C16H21F4NO/c1-10(2)8-14(11-6-7-21-9-11)22-13-5-3-4-12(15(13)17)16(18,19)20/h3-5,10-11,14,21H,6-9H2,1-2H3. The number of halogens is 4. The van der Waals surface area contributed by atoms with Crippen LogP contribution in [0.25, 0.3) is 0 Å². The summed E-state index contributed by atoms with van der Waals surface area (Å²) in [6, 6.07) is 3.18. The maximum atomic E-state index is 14.1. The van der Waals surface area contributed by atoms with Crippen molar-refractivity contribution < 1.29 is 22.3 Å². The Bertz CT molecular complexity index is 495. The number of benzene rings is 1. The minimum atomic E-state index is -4.72. The number of hydrogen-bond acceptors (Lipinski definition) is 2. The van der Waals surface area contributed by atoms with E-state index in [1.165, 1.54) is 12.1 Å². The van der Waals surface area contributed by atoms with Crippen LogP contribution in [0.5, 0.6) is 5.75 Å². The third-order valence-electron chi connectivity index (χ3n) is 3.87. The van der Waals surface area contributed by atoms with Crippen LogP contribution in [0.3, 0.4) is 0 Å². The van der Waals surface area contributed by atoms with Gasteiger partial charge in [0.05, 0.1) is 5.56 Å². The molecule has 1 aliphatic rings. The van der Waals surface area contributed by atoms with Gasteiger partial charge in [0.25, 0.3) is 0 Å². The molecule has 1 aromatic carbocycles. The molecule has 2 atom stereocenters. The summed E-state index contributed by atoms with van der Waals surface area (Å²) in [4.78, 5) is 0. The monoisotopic (exact) mass is 319 g/mol. The molecule has 1 N–H and O–H groups in total. The normalized spacial score (nSPS) is 20.4. The lowest BCUT2D eigenvalue weighted by Gasteiger charge is -2.26. The third kappa shape index (κ3) is 4.12. The summed E-state index contributed by atoms with van der Waals surface area (Å²) in [5.74, 6) is -1.13. The van der Waals surface area contributed by atoms with Gasteiger partial charge in [-0.2, -0.15) is 13.2 Å². The van der Waals surface area contributed by atoms with Gasteiger partial charge in [0.1, 0.15) is 6.10 Å². The fraction of sp³-hybridized carbons (Fsp3) is 0.625. The Labute approximate surface area is 127 Å². The van der Waals surface area contributed by atoms with Crippen LogP contribution >= 0.6 is 0 Å². The van der Waals surface area contributed by atoms with E-state index in [2.05, 4.69) is 5.32 Å². The van der Waals surface area contributed by atoms with Crippen molar-refractivity contribution in [3.8, 4) is 5.75 Å². The first kappa shape index (κ1) is 17.1. The first-order valence-electron chi connectivity index (χ1n) is 7.52. The summed E-state index contributed by atoms with van der Waals surface area (Å²) in [6.07, 6.45) is -3.43. The molecule has 0 aromatic heterocycles. The molecule has 1 heterocycles. The average molecular weight is 319 g/mol. The van der Waals surface area contributed by atoms with Gasteiger partial charge >= 0.3 is 6.18 Å². The van der Waals surface area contributed by atoms with E-state index in [-0.39, 0.29) is 17.8 Å². The molecular weight excluding hydrogens is 298 g/mol. The molecule has 1 aliphatic heterocycles. The molecule has 0 saturated carbocycles. The average Bonchev–Trinajstić information content (AvgIpc) is 2.92. The topological polar surface area (TPSA) is 21.3 Å². The van der Waals surface area contributed by atoms with E-state index in [1.807, 2.05) is 13.8 Å². The number of rotatable bonds is 5. The largest absolute Gasteiger partial charge is 0.487 e. The van der Waals surface area contributed by atoms with Gasteiger partial charge in [-0.15, -0.1) is 0 Å². The number of nitrogens with one attached hydrogen (secondary N) is 1. The van der Waals surface area contributed by atoms with E-state index in [4.69, 9.17) is 4.74 Å². The Balaban J connectivity index is 2.22. The molecule has 0 spiro atoms. The predicted octanol–water partition coefficient (Wildman–Crippen LogP) is 4.25. The quantitative estimate of drug-likeness (QED) is 0.819. The minimum Gasteiger partial charge on any atom is -0.487 e. The molecule has 22 heavy (non-hydrogen) atoms. The van der Waals surface area contributed by atoms with Crippen molar-refractivity contribution in [3.63, 3.8) is 0 Å². The zero-order valence-electron chi connectivity index (χ0n) is 12.7. The van der Waals surface area contributed by atoms with Crippen LogP contribution in [-0.4, -0.2) is 19.2 Å². The number of hydrogen-bond donors (Lipinski definition) is 1. The van der Waals surface area contributed by atoms with E-state index in [0.29, 0.717) is 12.3 Å². The van der Waals surface area contributed by atoms with E-state index in [0.717, 1.165) is 25.6 Å². The second kappa shape index (κ2) is 6.86. The fourth-order valence-electron chi connectivity index (χ4n) is 2.78. The molecule has 1 saturated heterocycles. The van der Waals surface area contributed by atoms with Crippen molar-refractivity contribution >= 4 is 0 Å². The van der Waals surface area contributed by atoms with Gasteiger partial charge in [0.15, 0.2) is 11.6 Å². The van der Waals surface area contributed by atoms with Crippen molar-refractivity contribution in [2.45, 2.75) is 39.0 Å². The van der Waals surface area contributed by atoms with Gasteiger partial charge in [-0.1, -0.05) is 19.9 Å². The molecule has 1 fully saturated rings. The molecule has 6 heteroatoms. The molecule has 0 bridgehead atoms. The molecule has 0 radical (unpaired) electrons. The number of alkyl halides is 3. The highest BCUT2D eigenvalue weighted by Crippen LogP contribution is 2.36. The summed E-state index contributed by atoms with van der Waals surface area (Å²) in [7, 11) is 0. The van der Waals surface area contributed by atoms with Crippen molar-refractivity contribution in [3.05, 3.63) is 29.6 Å². The summed E-state index contributed by atoms with van der Waals surface area (Å²) >= 11 is 0. The van der Waals surface area contributed by atoms with Gasteiger partial charge in [0.2, 0.25) is 0 Å². The van der Waals surface area contributed by atoms with Gasteiger partial charge in [-0.25, -0.2) is 4.39 Å². The second-order valence-corrected chi connectivity index (χ2v) is 6.15. The van der Waals surface area contributed by atoms with Crippen LogP contribution in [0.2, 0.25) is 0 Å². The molecule has 2 rings (SSSR count). The van der Waals surface area contributed by atoms with Gasteiger partial charge in [-0.3, -0.25) is 0 Å². The molecule has 0 aliphatic carbocycles. The maximum absolute atomic E-state index is 14.1. The van der Waals surface area contributed by atoms with Gasteiger partial charge in [-0.05, 0) is 37.4 Å². The SMILES string of the molecule is CC(C)CC(Oc1cccc(C(F)(F)F)c1F)C1CCNC1. The summed E-state index contributed by atoms with van der Waals surface area (Å²) in [6.45, 7) is 5.63. The molecule has 1 aromatic rings. The lowest BCUT2D eigenvalue weighted by Crippen LogP contribution is -2.30. The van der Waals surface area contributed by atoms with Crippen molar-refractivity contribution in [1.82, 2.24) is 5.32 Å². The molecule has 2 unspecified atom stereocenters. The first-order valence-corrected chi connectivity index (χ1v) is 7.52. The lowest BCUT2D eigenvalue weighted by atomic mass is 9.93. The highest BCUT2D eigenvalue weighted by Gasteiger charge is 2.36. The summed E-state index contributed by atoms with van der Waals surface area (Å²) in [5, 5.41) is 3.21. The Kier molecular flexibility index (Phi) is 5.32. The van der Waals surface area contributed by atoms with Crippen LogP contribution in [0.4, 0.5) is 17.6 Å². The summed E-state index contributed by atoms with van der Waals surface area (Å²) < 4.78 is 58.1. The Hall–Kier alpha value is -1.30. The zero-order valence-corrected chi connectivity index (χ0v) is 12.7. The maximum Gasteiger partial charge on any atom is 0.419 e. The van der Waals surface area contributed by atoms with Crippen LogP contribution in [0.15, 0.2) is 18.2 Å². The first-order chi connectivity index (χ1) is 10.3. The number of ether oxygens (including phenoxy) is 1. The second-order valence-electron chi connectivity index (χ2n) is 6.15. The molecule has 0 amide bonds. The Morgan fingerprint density at radius 3 is 2.59 bits per heavy atom. The van der Waals surface area contributed by atoms with Crippen molar-refractivity contribution in [1.29, 1.82) is 0 Å². The minimum absolute atomic E-state index is 0.191. The Morgan fingerprint density at radius 1 is 1.32 bits per heavy atom. The van der Waals surface area contributed by atoms with E-state index in [9.17, 15) is 17.6 Å². The highest BCUT2D eigenvalue weighted by atomic mass is 19.4. The van der Waals surface area contributed by atoms with Gasteiger partial charge < -0.3 is 10.1 Å². The molecule has 2 nitrogen and oxygen atoms in total. The van der Waals surface area contributed by atoms with Crippen molar-refractivity contribution in [2.75, 3.05) is 13.1 Å². The highest BCUT2D eigenvalue weighted by molar-refractivity contribution is 5.33. The van der Waals surface area contributed by atoms with Crippen LogP contribution in [0, 0.1) is 17.7 Å². The van der Waals surface area contributed by atoms with Crippen LogP contribution in [0.1, 0.15) is 32.3 Å². The van der Waals surface area contributed by atoms with Crippen LogP contribution < -0.4 is 10.1 Å². The molecule has 124 valence electrons. The molecular formula is C16H21F4NO. The van der Waals surface area contributed by atoms with Gasteiger partial charge in [0, 0.05) is 12.5 Å². The fourth-order valence-corrected chi connectivity index (χ4v) is 2.78. The van der Waals surface area contributed by atoms with E-state index >= 15 is 0 Å². The zero-order chi connectivity index (χ0) is 16.3. The van der Waals surface area contributed by atoms with Crippen LogP contribution in [-0.2, 0) is 6.18 Å². The summed E-state index contributed by atoms with van der Waals surface area (Å²) in [5.41, 5.74) is -1.28. The van der Waals surface area contributed by atoms with E-state index in [1.54, 1.807) is 0 Å². The lowest BCUT2D eigenvalue weighted by molar-refractivity contribution is -0.140. The third-order valence-corrected chi connectivity index (χ3v) is 3.87.